The van der Waals surface area contributed by atoms with Gasteiger partial charge in [0.2, 0.25) is 10.0 Å². The van der Waals surface area contributed by atoms with E-state index in [4.69, 9.17) is 4.74 Å². The minimum Gasteiger partial charge on any atom is -0.487 e. The lowest BCUT2D eigenvalue weighted by molar-refractivity contribution is 0.0830. The van der Waals surface area contributed by atoms with E-state index in [1.807, 2.05) is 42.5 Å². The number of hydrogen-bond donors (Lipinski definition) is 2. The molecule has 11 heteroatoms. The van der Waals surface area contributed by atoms with Crippen LogP contribution in [0, 0.1) is 17.6 Å². The highest BCUT2D eigenvalue weighted by Gasteiger charge is 2.38. The molecule has 2 N–H and O–H groups in total. The third kappa shape index (κ3) is 7.10. The zero-order chi connectivity index (χ0) is 29.7. The van der Waals surface area contributed by atoms with Crippen molar-refractivity contribution in [1.82, 2.24) is 9.21 Å². The minimum atomic E-state index is -4.03. The Morgan fingerprint density at radius 1 is 1.12 bits per heavy atom. The number of benzene rings is 3. The largest absolute Gasteiger partial charge is 0.487 e. The highest BCUT2D eigenvalue weighted by molar-refractivity contribution is 7.89. The number of aliphatic hydroxyl groups is 1. The number of nitrogens with one attached hydrogen (secondary N) is 1. The highest BCUT2D eigenvalue weighted by Crippen LogP contribution is 2.34. The summed E-state index contributed by atoms with van der Waals surface area (Å²) in [4.78, 5) is 14.1. The second-order valence-electron chi connectivity index (χ2n) is 10.1. The number of likely N-dealkylation sites (N-methyl/N-ethyl adjacent to an activating group) is 1. The Kier molecular flexibility index (Phi) is 9.42. The topological polar surface area (TPSA) is 99.2 Å². The van der Waals surface area contributed by atoms with Crippen molar-refractivity contribution in [3.8, 4) is 5.75 Å². The Balaban J connectivity index is 1.65. The molecule has 4 rings (SSSR count). The van der Waals surface area contributed by atoms with Gasteiger partial charge in [0.25, 0.3) is 0 Å². The molecule has 3 aromatic carbocycles. The molecule has 0 bridgehead atoms. The Labute approximate surface area is 238 Å². The Morgan fingerprint density at radius 3 is 2.54 bits per heavy atom. The van der Waals surface area contributed by atoms with Crippen LogP contribution < -0.4 is 10.1 Å². The number of urea groups is 1. The molecular formula is C30H33F2N3O5S. The van der Waals surface area contributed by atoms with E-state index in [0.717, 1.165) is 23.8 Å². The van der Waals surface area contributed by atoms with Gasteiger partial charge in [-0.2, -0.15) is 4.31 Å². The molecule has 41 heavy (non-hydrogen) atoms. The van der Waals surface area contributed by atoms with Gasteiger partial charge in [-0.3, -0.25) is 0 Å². The number of nitrogens with zero attached hydrogens (tertiary/aromatic N) is 2. The molecular weight excluding hydrogens is 552 g/mol. The molecule has 0 aliphatic carbocycles. The molecule has 0 fully saturated rings. The molecule has 3 atom stereocenters. The number of ether oxygens (including phenoxy) is 1. The van der Waals surface area contributed by atoms with Crippen LogP contribution in [0.15, 0.2) is 71.6 Å². The average Bonchev–Trinajstić information content (AvgIpc) is 2.95. The lowest BCUT2D eigenvalue weighted by atomic mass is 10.0. The summed E-state index contributed by atoms with van der Waals surface area (Å²) in [7, 11) is -2.56. The second kappa shape index (κ2) is 12.8. The van der Waals surface area contributed by atoms with Crippen LogP contribution in [0.1, 0.15) is 25.0 Å². The first-order valence-electron chi connectivity index (χ1n) is 13.1. The predicted octanol–water partition coefficient (Wildman–Crippen LogP) is 5.07. The molecule has 1 heterocycles. The zero-order valence-electron chi connectivity index (χ0n) is 23.0. The molecule has 0 unspecified atom stereocenters. The van der Waals surface area contributed by atoms with Crippen molar-refractivity contribution in [2.45, 2.75) is 30.9 Å². The van der Waals surface area contributed by atoms with Crippen LogP contribution in [-0.2, 0) is 10.0 Å². The summed E-state index contributed by atoms with van der Waals surface area (Å²) in [5.74, 6) is -1.80. The standard InChI is InChI=1S/C30H33F2N3O5S/c1-20-17-35(21(2)19-36)41(38,39)29-14-11-23(10-9-22-7-5-4-6-8-22)15-27(29)40-28(20)18-34(3)30(37)33-26-16-24(31)12-13-25(26)32/h4-16,20-21,28,36H,17-19H2,1-3H3,(H,33,37)/b10-9+/t20-,21-,28-/m0/s1. The number of halogens is 2. The molecule has 8 nitrogen and oxygen atoms in total. The first-order valence-corrected chi connectivity index (χ1v) is 14.6. The summed E-state index contributed by atoms with van der Waals surface area (Å²) in [6, 6.07) is 15.7. The van der Waals surface area contributed by atoms with Gasteiger partial charge in [0, 0.05) is 31.6 Å². The number of fused-ring (bicyclic) bond motifs is 1. The van der Waals surface area contributed by atoms with Gasteiger partial charge in [-0.1, -0.05) is 55.5 Å². The minimum absolute atomic E-state index is 0.00878. The van der Waals surface area contributed by atoms with Gasteiger partial charge >= 0.3 is 6.03 Å². The van der Waals surface area contributed by atoms with Gasteiger partial charge in [-0.15, -0.1) is 0 Å². The van der Waals surface area contributed by atoms with Crippen molar-refractivity contribution in [3.05, 3.63) is 89.5 Å². The van der Waals surface area contributed by atoms with Crippen molar-refractivity contribution in [3.63, 3.8) is 0 Å². The molecule has 2 amide bonds. The van der Waals surface area contributed by atoms with Crippen LogP contribution in [0.4, 0.5) is 19.3 Å². The molecule has 0 spiro atoms. The lowest BCUT2D eigenvalue weighted by Crippen LogP contribution is -2.50. The number of hydrogen-bond acceptors (Lipinski definition) is 5. The van der Waals surface area contributed by atoms with Gasteiger partial charge in [-0.25, -0.2) is 22.0 Å². The molecule has 0 saturated carbocycles. The van der Waals surface area contributed by atoms with Crippen LogP contribution in [-0.4, -0.2) is 67.7 Å². The van der Waals surface area contributed by atoms with Crippen molar-refractivity contribution < 1.29 is 31.8 Å². The van der Waals surface area contributed by atoms with E-state index < -0.39 is 45.8 Å². The predicted molar refractivity (Wildman–Crippen MR) is 154 cm³/mol. The Bertz CT molecular complexity index is 1520. The van der Waals surface area contributed by atoms with Crippen molar-refractivity contribution in [1.29, 1.82) is 0 Å². The molecule has 218 valence electrons. The molecule has 3 aromatic rings. The number of amides is 2. The van der Waals surface area contributed by atoms with Gasteiger partial charge in [0.15, 0.2) is 0 Å². The van der Waals surface area contributed by atoms with Crippen molar-refractivity contribution in [2.75, 3.05) is 32.1 Å². The molecule has 0 aromatic heterocycles. The molecule has 1 aliphatic heterocycles. The quantitative estimate of drug-likeness (QED) is 0.378. The average molecular weight is 586 g/mol. The smallest absolute Gasteiger partial charge is 0.321 e. The van der Waals surface area contributed by atoms with E-state index in [0.29, 0.717) is 5.56 Å². The number of sulfonamides is 1. The number of aliphatic hydroxyl groups excluding tert-OH is 1. The third-order valence-electron chi connectivity index (χ3n) is 6.93. The fraction of sp³-hybridized carbons (Fsp3) is 0.300. The van der Waals surface area contributed by atoms with E-state index in [2.05, 4.69) is 5.32 Å². The normalized spacial score (nSPS) is 19.5. The lowest BCUT2D eigenvalue weighted by Gasteiger charge is -2.37. The first kappa shape index (κ1) is 30.2. The summed E-state index contributed by atoms with van der Waals surface area (Å²) in [6.07, 6.45) is 3.05. The number of carbonyl (C=O) groups excluding carboxylic acids is 1. The summed E-state index contributed by atoms with van der Waals surface area (Å²) in [6.45, 7) is 3.06. The molecule has 0 saturated heterocycles. The first-order chi connectivity index (χ1) is 19.5. The van der Waals surface area contributed by atoms with Gasteiger partial charge in [0.05, 0.1) is 18.8 Å². The van der Waals surface area contributed by atoms with Gasteiger partial charge < -0.3 is 20.1 Å². The highest BCUT2D eigenvalue weighted by atomic mass is 32.2. The van der Waals surface area contributed by atoms with E-state index >= 15 is 0 Å². The summed E-state index contributed by atoms with van der Waals surface area (Å²) in [5.41, 5.74) is 1.36. The maximum absolute atomic E-state index is 14.1. The Morgan fingerprint density at radius 2 is 1.83 bits per heavy atom. The van der Waals surface area contributed by atoms with Crippen molar-refractivity contribution >= 4 is 33.9 Å². The second-order valence-corrected chi connectivity index (χ2v) is 12.0. The van der Waals surface area contributed by atoms with E-state index in [9.17, 15) is 27.1 Å². The Hall–Kier alpha value is -3.80. The van der Waals surface area contributed by atoms with Crippen LogP contribution in [0.2, 0.25) is 0 Å². The van der Waals surface area contributed by atoms with Crippen LogP contribution in [0.3, 0.4) is 0 Å². The molecule has 0 radical (unpaired) electrons. The summed E-state index contributed by atoms with van der Waals surface area (Å²) >= 11 is 0. The zero-order valence-corrected chi connectivity index (χ0v) is 23.8. The third-order valence-corrected chi connectivity index (χ3v) is 8.95. The summed E-state index contributed by atoms with van der Waals surface area (Å²) in [5, 5.41) is 12.2. The maximum Gasteiger partial charge on any atom is 0.321 e. The monoisotopic (exact) mass is 585 g/mol. The maximum atomic E-state index is 14.1. The van der Waals surface area contributed by atoms with Crippen LogP contribution in [0.25, 0.3) is 12.2 Å². The van der Waals surface area contributed by atoms with Gasteiger partial charge in [-0.05, 0) is 42.3 Å². The number of carbonyl (C=O) groups is 1. The fourth-order valence-corrected chi connectivity index (χ4v) is 6.30. The van der Waals surface area contributed by atoms with E-state index in [-0.39, 0.29) is 36.0 Å². The SMILES string of the molecule is C[C@H]1CN([C@@H](C)CO)S(=O)(=O)c2ccc(/C=C/c3ccccc3)cc2O[C@H]1CN(C)C(=O)Nc1cc(F)ccc1F. The van der Waals surface area contributed by atoms with Crippen molar-refractivity contribution in [2.24, 2.45) is 5.92 Å². The van der Waals surface area contributed by atoms with Crippen LogP contribution >= 0.6 is 0 Å². The number of anilines is 1. The number of rotatable bonds is 7. The van der Waals surface area contributed by atoms with Gasteiger partial charge in [0.1, 0.15) is 28.4 Å². The van der Waals surface area contributed by atoms with Crippen LogP contribution in [0.5, 0.6) is 5.75 Å². The van der Waals surface area contributed by atoms with E-state index in [1.165, 1.54) is 22.3 Å². The molecule has 1 aliphatic rings. The van der Waals surface area contributed by atoms with E-state index in [1.54, 1.807) is 26.0 Å². The fourth-order valence-electron chi connectivity index (χ4n) is 4.48. The summed E-state index contributed by atoms with van der Waals surface area (Å²) < 4.78 is 62.6.